The first-order chi connectivity index (χ1) is 13.2. The van der Waals surface area contributed by atoms with Crippen LogP contribution in [0.5, 0.6) is 0 Å². The average molecular weight is 409 g/mol. The van der Waals surface area contributed by atoms with Crippen LogP contribution in [0.1, 0.15) is 72.8 Å². The minimum atomic E-state index is -1.09. The Kier molecular flexibility index (Phi) is 5.50. The molecule has 5 nitrogen and oxygen atoms in total. The summed E-state index contributed by atoms with van der Waals surface area (Å²) in [6.07, 6.45) is 0.733. The van der Waals surface area contributed by atoms with Gasteiger partial charge in [-0.25, -0.2) is 13.6 Å². The molecule has 1 saturated heterocycles. The van der Waals surface area contributed by atoms with Crippen molar-refractivity contribution in [1.82, 2.24) is 5.32 Å². The summed E-state index contributed by atoms with van der Waals surface area (Å²) in [5.41, 5.74) is -1.55. The van der Waals surface area contributed by atoms with Crippen LogP contribution in [0.15, 0.2) is 12.1 Å². The number of alkyl carbamates (subject to hydrolysis) is 1. The van der Waals surface area contributed by atoms with E-state index in [0.29, 0.717) is 18.4 Å². The van der Waals surface area contributed by atoms with Crippen molar-refractivity contribution >= 4 is 18.7 Å². The maximum absolute atomic E-state index is 14.8. The Morgan fingerprint density at radius 3 is 2.03 bits per heavy atom. The lowest BCUT2D eigenvalue weighted by molar-refractivity contribution is 0.00578. The molecule has 2 fully saturated rings. The van der Waals surface area contributed by atoms with Gasteiger partial charge in [0.25, 0.3) is 0 Å². The lowest BCUT2D eigenvalue weighted by Crippen LogP contribution is -2.45. The molecular weight excluding hydrogens is 379 g/mol. The van der Waals surface area contributed by atoms with Crippen LogP contribution < -0.4 is 10.8 Å². The first-order valence-corrected chi connectivity index (χ1v) is 10.0. The fourth-order valence-corrected chi connectivity index (χ4v) is 3.51. The summed E-state index contributed by atoms with van der Waals surface area (Å²) < 4.78 is 46.4. The molecule has 1 N–H and O–H groups in total. The standard InChI is InChI=1S/C21H30BF2NO4/c1-19(2,3)27-18(26)25-14-8-12(9-14)13-10-15(23)17(16(24)11-13)22-28-20(4,5)21(6,7)29-22/h10-12,14H,8-9H2,1-7H3,(H,25,26). The van der Waals surface area contributed by atoms with E-state index in [9.17, 15) is 13.6 Å². The van der Waals surface area contributed by atoms with Gasteiger partial charge in [0, 0.05) is 6.04 Å². The van der Waals surface area contributed by atoms with Gasteiger partial charge in [0.15, 0.2) is 0 Å². The maximum atomic E-state index is 14.8. The van der Waals surface area contributed by atoms with Crippen LogP contribution >= 0.6 is 0 Å². The number of benzene rings is 1. The summed E-state index contributed by atoms with van der Waals surface area (Å²) in [5, 5.41) is 2.79. The van der Waals surface area contributed by atoms with Crippen molar-refractivity contribution in [2.75, 3.05) is 0 Å². The summed E-state index contributed by atoms with van der Waals surface area (Å²) in [4.78, 5) is 11.8. The molecule has 0 atom stereocenters. The third-order valence-corrected chi connectivity index (χ3v) is 5.92. The third-order valence-electron chi connectivity index (χ3n) is 5.92. The molecule has 0 spiro atoms. The maximum Gasteiger partial charge on any atom is 0.500 e. The van der Waals surface area contributed by atoms with E-state index in [2.05, 4.69) is 5.32 Å². The Hall–Kier alpha value is -1.67. The van der Waals surface area contributed by atoms with Crippen LogP contribution in [-0.4, -0.2) is 36.1 Å². The fourth-order valence-electron chi connectivity index (χ4n) is 3.51. The molecule has 1 aliphatic heterocycles. The van der Waals surface area contributed by atoms with E-state index in [-0.39, 0.29) is 17.4 Å². The molecule has 8 heteroatoms. The molecule has 3 rings (SSSR count). The average Bonchev–Trinajstić information content (AvgIpc) is 2.67. The second kappa shape index (κ2) is 7.24. The quantitative estimate of drug-likeness (QED) is 0.766. The van der Waals surface area contributed by atoms with E-state index >= 15 is 0 Å². The minimum Gasteiger partial charge on any atom is -0.444 e. The van der Waals surface area contributed by atoms with Crippen LogP contribution in [0.4, 0.5) is 13.6 Å². The van der Waals surface area contributed by atoms with Crippen molar-refractivity contribution in [2.45, 2.75) is 90.1 Å². The highest BCUT2D eigenvalue weighted by Crippen LogP contribution is 2.39. The third kappa shape index (κ3) is 4.58. The Morgan fingerprint density at radius 2 is 1.59 bits per heavy atom. The van der Waals surface area contributed by atoms with Crippen LogP contribution in [0, 0.1) is 11.6 Å². The smallest absolute Gasteiger partial charge is 0.444 e. The molecule has 1 saturated carbocycles. The van der Waals surface area contributed by atoms with Crippen molar-refractivity contribution in [3.05, 3.63) is 29.3 Å². The van der Waals surface area contributed by atoms with Gasteiger partial charge in [-0.05, 0) is 84.9 Å². The summed E-state index contributed by atoms with van der Waals surface area (Å²) in [5.74, 6) is -1.38. The molecule has 2 aliphatic rings. The van der Waals surface area contributed by atoms with E-state index < -0.39 is 41.6 Å². The van der Waals surface area contributed by atoms with Gasteiger partial charge in [-0.1, -0.05) is 0 Å². The van der Waals surface area contributed by atoms with Gasteiger partial charge in [0.05, 0.1) is 16.7 Å². The molecule has 160 valence electrons. The van der Waals surface area contributed by atoms with Gasteiger partial charge in [-0.3, -0.25) is 0 Å². The van der Waals surface area contributed by atoms with Crippen molar-refractivity contribution < 1.29 is 27.6 Å². The number of halogens is 2. The van der Waals surface area contributed by atoms with E-state index in [1.165, 1.54) is 12.1 Å². The summed E-state index contributed by atoms with van der Waals surface area (Å²) in [6.45, 7) is 12.7. The number of hydrogen-bond donors (Lipinski definition) is 1. The van der Waals surface area contributed by atoms with Crippen LogP contribution in [-0.2, 0) is 14.0 Å². The Bertz CT molecular complexity index is 761. The molecule has 1 heterocycles. The SMILES string of the molecule is CC(C)(C)OC(=O)NC1CC(c2cc(F)c(B3OC(C)(C)C(C)(C)O3)c(F)c2)C1. The normalized spacial score (nSPS) is 25.5. The van der Waals surface area contributed by atoms with Crippen molar-refractivity contribution in [1.29, 1.82) is 0 Å². The Balaban J connectivity index is 1.65. The second-order valence-corrected chi connectivity index (χ2v) is 10.00. The molecule has 1 aliphatic carbocycles. The molecule has 1 amide bonds. The topological polar surface area (TPSA) is 56.8 Å². The van der Waals surface area contributed by atoms with E-state index in [1.54, 1.807) is 20.8 Å². The predicted octanol–water partition coefficient (Wildman–Crippen LogP) is 4.03. The lowest BCUT2D eigenvalue weighted by Gasteiger charge is -2.36. The van der Waals surface area contributed by atoms with E-state index in [0.717, 1.165) is 0 Å². The zero-order valence-corrected chi connectivity index (χ0v) is 18.2. The molecule has 29 heavy (non-hydrogen) atoms. The Morgan fingerprint density at radius 1 is 1.10 bits per heavy atom. The molecular formula is C21H30BF2NO4. The first-order valence-electron chi connectivity index (χ1n) is 10.0. The van der Waals surface area contributed by atoms with Crippen molar-refractivity contribution in [3.63, 3.8) is 0 Å². The van der Waals surface area contributed by atoms with Crippen LogP contribution in [0.2, 0.25) is 0 Å². The molecule has 0 bridgehead atoms. The highest BCUT2D eigenvalue weighted by molar-refractivity contribution is 6.62. The zero-order chi connectivity index (χ0) is 21.8. The number of carbonyl (C=O) groups excluding carboxylic acids is 1. The summed E-state index contributed by atoms with van der Waals surface area (Å²) in [7, 11) is -1.09. The number of hydrogen-bond acceptors (Lipinski definition) is 4. The molecule has 1 aromatic rings. The number of amides is 1. The van der Waals surface area contributed by atoms with Gasteiger partial charge in [0.1, 0.15) is 17.2 Å². The number of carbonyl (C=O) groups is 1. The molecule has 1 aromatic carbocycles. The van der Waals surface area contributed by atoms with E-state index in [4.69, 9.17) is 14.0 Å². The second-order valence-electron chi connectivity index (χ2n) is 10.00. The number of nitrogens with one attached hydrogen (secondary N) is 1. The zero-order valence-electron chi connectivity index (χ0n) is 18.2. The van der Waals surface area contributed by atoms with Gasteiger partial charge in [-0.2, -0.15) is 0 Å². The summed E-state index contributed by atoms with van der Waals surface area (Å²) in [6, 6.07) is 2.62. The van der Waals surface area contributed by atoms with E-state index in [1.807, 2.05) is 27.7 Å². The molecule has 0 radical (unpaired) electrons. The van der Waals surface area contributed by atoms with Crippen LogP contribution in [0.25, 0.3) is 0 Å². The number of ether oxygens (including phenoxy) is 1. The van der Waals surface area contributed by atoms with Crippen LogP contribution in [0.3, 0.4) is 0 Å². The van der Waals surface area contributed by atoms with Crippen molar-refractivity contribution in [2.24, 2.45) is 0 Å². The predicted molar refractivity (Wildman–Crippen MR) is 107 cm³/mol. The summed E-state index contributed by atoms with van der Waals surface area (Å²) >= 11 is 0. The Labute approximate surface area is 171 Å². The first kappa shape index (κ1) is 22.0. The minimum absolute atomic E-state index is 0.0220. The molecule has 0 aromatic heterocycles. The number of rotatable bonds is 3. The highest BCUT2D eigenvalue weighted by Gasteiger charge is 2.53. The largest absolute Gasteiger partial charge is 0.500 e. The van der Waals surface area contributed by atoms with Crippen molar-refractivity contribution in [3.8, 4) is 0 Å². The highest BCUT2D eigenvalue weighted by atomic mass is 19.1. The van der Waals surface area contributed by atoms with Gasteiger partial charge < -0.3 is 19.4 Å². The van der Waals surface area contributed by atoms with Gasteiger partial charge in [0.2, 0.25) is 0 Å². The van der Waals surface area contributed by atoms with Gasteiger partial charge >= 0.3 is 13.2 Å². The fraction of sp³-hybridized carbons (Fsp3) is 0.667. The molecule has 0 unspecified atom stereocenters. The van der Waals surface area contributed by atoms with Gasteiger partial charge in [-0.15, -0.1) is 0 Å². The monoisotopic (exact) mass is 409 g/mol. The lowest BCUT2D eigenvalue weighted by atomic mass is 9.73.